The summed E-state index contributed by atoms with van der Waals surface area (Å²) >= 11 is 0. The van der Waals surface area contributed by atoms with E-state index in [-0.39, 0.29) is 0 Å². The molecule has 2 rings (SSSR count). The molecule has 0 radical (unpaired) electrons. The molecule has 4 nitrogen and oxygen atoms in total. The van der Waals surface area contributed by atoms with Crippen molar-refractivity contribution in [2.24, 2.45) is 0 Å². The maximum Gasteiger partial charge on any atom is 0.139 e. The van der Waals surface area contributed by atoms with Crippen molar-refractivity contribution in [3.05, 3.63) is 47.3 Å². The van der Waals surface area contributed by atoms with Crippen LogP contribution in [0.5, 0.6) is 5.75 Å². The van der Waals surface area contributed by atoms with E-state index in [2.05, 4.69) is 43.8 Å². The number of aryl methyl sites for hydroxylation is 1. The van der Waals surface area contributed by atoms with Gasteiger partial charge in [0.2, 0.25) is 0 Å². The Morgan fingerprint density at radius 1 is 1.13 bits per heavy atom. The lowest BCUT2D eigenvalue weighted by Crippen LogP contribution is -2.22. The molecular formula is C18H28N2O2Si. The molecule has 1 aromatic carbocycles. The first-order valence-electron chi connectivity index (χ1n) is 8.11. The Morgan fingerprint density at radius 2 is 1.83 bits per heavy atom. The number of nitrogens with zero attached hydrogens (tertiary/aromatic N) is 2. The monoisotopic (exact) mass is 332 g/mol. The van der Waals surface area contributed by atoms with Gasteiger partial charge in [-0.2, -0.15) is 5.10 Å². The predicted molar refractivity (Wildman–Crippen MR) is 96.9 cm³/mol. The molecule has 0 saturated heterocycles. The highest BCUT2D eigenvalue weighted by Crippen LogP contribution is 2.17. The van der Waals surface area contributed by atoms with Crippen LogP contribution >= 0.6 is 0 Å². The number of benzene rings is 1. The van der Waals surface area contributed by atoms with E-state index in [1.54, 1.807) is 7.11 Å². The standard InChI is InChI=1S/C18H28N2O2Si/c1-15-13-19-20(14-22-10-11-23(3,4)5)18(15)12-16-6-8-17(21-2)9-7-16/h6-9,13H,10-12,14H2,1-5H3. The molecule has 0 fully saturated rings. The number of hydrogen-bond donors (Lipinski definition) is 0. The molecule has 126 valence electrons. The molecule has 0 N–H and O–H groups in total. The van der Waals surface area contributed by atoms with Crippen LogP contribution < -0.4 is 4.74 Å². The molecule has 0 aliphatic heterocycles. The summed E-state index contributed by atoms with van der Waals surface area (Å²) in [5, 5.41) is 4.46. The number of rotatable bonds is 8. The molecule has 0 spiro atoms. The zero-order valence-electron chi connectivity index (χ0n) is 14.9. The van der Waals surface area contributed by atoms with E-state index in [1.807, 2.05) is 23.0 Å². The third kappa shape index (κ3) is 5.52. The Morgan fingerprint density at radius 3 is 2.43 bits per heavy atom. The first-order valence-corrected chi connectivity index (χ1v) is 11.8. The van der Waals surface area contributed by atoms with Gasteiger partial charge in [-0.3, -0.25) is 0 Å². The summed E-state index contributed by atoms with van der Waals surface area (Å²) in [7, 11) is 0.646. The molecule has 0 bridgehead atoms. The van der Waals surface area contributed by atoms with Crippen LogP contribution in [-0.4, -0.2) is 31.6 Å². The van der Waals surface area contributed by atoms with E-state index in [4.69, 9.17) is 9.47 Å². The van der Waals surface area contributed by atoms with Crippen LogP contribution in [0.15, 0.2) is 30.5 Å². The van der Waals surface area contributed by atoms with Crippen molar-refractivity contribution in [2.75, 3.05) is 13.7 Å². The van der Waals surface area contributed by atoms with E-state index < -0.39 is 8.07 Å². The Kier molecular flexibility index (Phi) is 6.02. The zero-order valence-corrected chi connectivity index (χ0v) is 15.9. The zero-order chi connectivity index (χ0) is 16.9. The molecule has 0 aliphatic carbocycles. The molecule has 5 heteroatoms. The van der Waals surface area contributed by atoms with Crippen LogP contribution in [0, 0.1) is 6.92 Å². The molecule has 0 aliphatic rings. The highest BCUT2D eigenvalue weighted by molar-refractivity contribution is 6.76. The van der Waals surface area contributed by atoms with Crippen molar-refractivity contribution in [2.45, 2.75) is 45.8 Å². The van der Waals surface area contributed by atoms with Crippen molar-refractivity contribution >= 4 is 8.07 Å². The van der Waals surface area contributed by atoms with Gasteiger partial charge in [0, 0.05) is 26.8 Å². The summed E-state index contributed by atoms with van der Waals surface area (Å²) in [5.74, 6) is 0.883. The van der Waals surface area contributed by atoms with Crippen molar-refractivity contribution in [3.63, 3.8) is 0 Å². The lowest BCUT2D eigenvalue weighted by Gasteiger charge is -2.16. The summed E-state index contributed by atoms with van der Waals surface area (Å²) in [6.45, 7) is 10.5. The first-order chi connectivity index (χ1) is 10.9. The van der Waals surface area contributed by atoms with E-state index in [1.165, 1.54) is 22.9 Å². The second-order valence-electron chi connectivity index (χ2n) is 7.15. The second kappa shape index (κ2) is 7.79. The molecule has 0 saturated carbocycles. The van der Waals surface area contributed by atoms with Crippen LogP contribution in [0.2, 0.25) is 25.7 Å². The molecule has 2 aromatic rings. The fourth-order valence-corrected chi connectivity index (χ4v) is 3.07. The molecule has 0 unspecified atom stereocenters. The van der Waals surface area contributed by atoms with Gasteiger partial charge < -0.3 is 9.47 Å². The minimum absolute atomic E-state index is 0.532. The lowest BCUT2D eigenvalue weighted by atomic mass is 10.1. The SMILES string of the molecule is COc1ccc(Cc2c(C)cnn2COCC[Si](C)(C)C)cc1. The molecule has 1 aromatic heterocycles. The van der Waals surface area contributed by atoms with Crippen LogP contribution in [0.1, 0.15) is 16.8 Å². The van der Waals surface area contributed by atoms with Crippen LogP contribution in [0.25, 0.3) is 0 Å². The van der Waals surface area contributed by atoms with Gasteiger partial charge >= 0.3 is 0 Å². The molecule has 0 atom stereocenters. The summed E-state index contributed by atoms with van der Waals surface area (Å²) in [6, 6.07) is 9.37. The third-order valence-electron chi connectivity index (χ3n) is 3.90. The van der Waals surface area contributed by atoms with Gasteiger partial charge in [-0.25, -0.2) is 4.68 Å². The third-order valence-corrected chi connectivity index (χ3v) is 5.60. The topological polar surface area (TPSA) is 36.3 Å². The summed E-state index contributed by atoms with van der Waals surface area (Å²) < 4.78 is 13.0. The Hall–Kier alpha value is -1.59. The average molecular weight is 333 g/mol. The Bertz CT molecular complexity index is 615. The van der Waals surface area contributed by atoms with Gasteiger partial charge in [-0.15, -0.1) is 0 Å². The average Bonchev–Trinajstić information content (AvgIpc) is 2.84. The van der Waals surface area contributed by atoms with Gasteiger partial charge in [-0.1, -0.05) is 31.8 Å². The highest BCUT2D eigenvalue weighted by Gasteiger charge is 2.13. The summed E-state index contributed by atoms with van der Waals surface area (Å²) in [6.07, 6.45) is 2.77. The largest absolute Gasteiger partial charge is 0.497 e. The molecule has 1 heterocycles. The highest BCUT2D eigenvalue weighted by atomic mass is 28.3. The minimum Gasteiger partial charge on any atom is -0.497 e. The molecule has 23 heavy (non-hydrogen) atoms. The van der Waals surface area contributed by atoms with Crippen molar-refractivity contribution in [3.8, 4) is 5.75 Å². The van der Waals surface area contributed by atoms with E-state index in [0.29, 0.717) is 6.73 Å². The molecule has 0 amide bonds. The van der Waals surface area contributed by atoms with Crippen LogP contribution in [-0.2, 0) is 17.9 Å². The van der Waals surface area contributed by atoms with Gasteiger partial charge in [0.25, 0.3) is 0 Å². The van der Waals surface area contributed by atoms with Crippen LogP contribution in [0.4, 0.5) is 0 Å². The fraction of sp³-hybridized carbons (Fsp3) is 0.500. The first kappa shape index (κ1) is 17.8. The summed E-state index contributed by atoms with van der Waals surface area (Å²) in [5.41, 5.74) is 3.66. The van der Waals surface area contributed by atoms with E-state index in [9.17, 15) is 0 Å². The quantitative estimate of drug-likeness (QED) is 0.539. The number of methoxy groups -OCH3 is 1. The number of aromatic nitrogens is 2. The predicted octanol–water partition coefficient (Wildman–Crippen LogP) is 4.10. The van der Waals surface area contributed by atoms with E-state index >= 15 is 0 Å². The van der Waals surface area contributed by atoms with Gasteiger partial charge in [-0.05, 0) is 36.2 Å². The van der Waals surface area contributed by atoms with Gasteiger partial charge in [0.05, 0.1) is 13.3 Å². The Balaban J connectivity index is 1.97. The lowest BCUT2D eigenvalue weighted by molar-refractivity contribution is 0.0767. The maximum absolute atomic E-state index is 5.84. The van der Waals surface area contributed by atoms with Crippen molar-refractivity contribution < 1.29 is 9.47 Å². The number of hydrogen-bond acceptors (Lipinski definition) is 3. The van der Waals surface area contributed by atoms with Gasteiger partial charge in [0.1, 0.15) is 12.5 Å². The fourth-order valence-electron chi connectivity index (χ4n) is 2.31. The van der Waals surface area contributed by atoms with Crippen LogP contribution in [0.3, 0.4) is 0 Å². The van der Waals surface area contributed by atoms with Gasteiger partial charge in [0.15, 0.2) is 0 Å². The molecular weight excluding hydrogens is 304 g/mol. The van der Waals surface area contributed by atoms with E-state index in [0.717, 1.165) is 18.8 Å². The summed E-state index contributed by atoms with van der Waals surface area (Å²) in [4.78, 5) is 0. The van der Waals surface area contributed by atoms with Crippen molar-refractivity contribution in [1.29, 1.82) is 0 Å². The number of ether oxygens (including phenoxy) is 2. The maximum atomic E-state index is 5.84. The van der Waals surface area contributed by atoms with Crippen molar-refractivity contribution in [1.82, 2.24) is 9.78 Å². The Labute approximate surface area is 140 Å². The second-order valence-corrected chi connectivity index (χ2v) is 12.8. The normalized spacial score (nSPS) is 11.7. The smallest absolute Gasteiger partial charge is 0.139 e. The minimum atomic E-state index is -1.04.